The summed E-state index contributed by atoms with van der Waals surface area (Å²) in [6.45, 7) is 1.32. The molecule has 152 valence electrons. The number of amides is 4. The molecule has 10 heteroatoms. The number of urea groups is 1. The third-order valence-electron chi connectivity index (χ3n) is 4.81. The molecule has 2 aliphatic rings. The first-order valence-corrected chi connectivity index (χ1v) is 9.33. The molecule has 0 aliphatic carbocycles. The summed E-state index contributed by atoms with van der Waals surface area (Å²) in [5, 5.41) is 5.39. The molecule has 3 heterocycles. The maximum absolute atomic E-state index is 12.8. The summed E-state index contributed by atoms with van der Waals surface area (Å²) in [6.07, 6.45) is 5.94. The Bertz CT molecular complexity index is 914. The molecule has 1 aromatic heterocycles. The van der Waals surface area contributed by atoms with Crippen LogP contribution in [-0.4, -0.2) is 52.2 Å². The van der Waals surface area contributed by atoms with Crippen LogP contribution in [0.25, 0.3) is 0 Å². The number of imide groups is 1. The predicted molar refractivity (Wildman–Crippen MR) is 99.9 cm³/mol. The lowest BCUT2D eigenvalue weighted by atomic mass is 10.0. The van der Waals surface area contributed by atoms with Crippen LogP contribution in [-0.2, 0) is 22.7 Å². The normalized spacial score (nSPS) is 17.9. The van der Waals surface area contributed by atoms with E-state index in [2.05, 4.69) is 15.6 Å². The number of carbonyl (C=O) groups excluding carboxylic acids is 3. The van der Waals surface area contributed by atoms with E-state index in [1.807, 2.05) is 10.8 Å². The van der Waals surface area contributed by atoms with Gasteiger partial charge in [0.1, 0.15) is 5.92 Å². The van der Waals surface area contributed by atoms with Crippen molar-refractivity contribution in [1.29, 1.82) is 0 Å². The van der Waals surface area contributed by atoms with Crippen molar-refractivity contribution < 1.29 is 23.9 Å². The van der Waals surface area contributed by atoms with Gasteiger partial charge in [0, 0.05) is 32.0 Å². The number of imidazole rings is 1. The number of nitrogens with one attached hydrogen (secondary N) is 2. The van der Waals surface area contributed by atoms with Gasteiger partial charge in [-0.2, -0.15) is 0 Å². The molecule has 1 aromatic carbocycles. The Hall–Kier alpha value is -3.56. The highest BCUT2D eigenvalue weighted by Gasteiger charge is 2.38. The molecule has 4 amide bonds. The van der Waals surface area contributed by atoms with E-state index in [9.17, 15) is 14.4 Å². The van der Waals surface area contributed by atoms with Gasteiger partial charge in [-0.05, 0) is 24.1 Å². The molecule has 1 fully saturated rings. The number of hydrogen-bond acceptors (Lipinski definition) is 6. The smallest absolute Gasteiger partial charge is 0.324 e. The molecule has 2 aromatic rings. The fourth-order valence-electron chi connectivity index (χ4n) is 3.25. The van der Waals surface area contributed by atoms with Gasteiger partial charge in [0.25, 0.3) is 0 Å². The Kier molecular flexibility index (Phi) is 5.32. The average Bonchev–Trinajstić information content (AvgIpc) is 3.39. The van der Waals surface area contributed by atoms with Gasteiger partial charge in [-0.1, -0.05) is 6.07 Å². The van der Waals surface area contributed by atoms with Crippen molar-refractivity contribution in [1.82, 2.24) is 25.1 Å². The lowest BCUT2D eigenvalue weighted by Crippen LogP contribution is -2.58. The van der Waals surface area contributed by atoms with Gasteiger partial charge < -0.3 is 24.7 Å². The number of benzene rings is 1. The van der Waals surface area contributed by atoms with Crippen LogP contribution in [0.15, 0.2) is 36.9 Å². The Labute approximate surface area is 166 Å². The number of fused-ring (bicyclic) bond motifs is 1. The van der Waals surface area contributed by atoms with Gasteiger partial charge in [-0.3, -0.25) is 14.5 Å². The van der Waals surface area contributed by atoms with E-state index in [1.165, 1.54) is 0 Å². The lowest BCUT2D eigenvalue weighted by Gasteiger charge is -2.30. The van der Waals surface area contributed by atoms with E-state index in [0.717, 1.165) is 4.90 Å². The monoisotopic (exact) mass is 399 g/mol. The fraction of sp³-hybridized carbons (Fsp3) is 0.368. The zero-order chi connectivity index (χ0) is 20.2. The summed E-state index contributed by atoms with van der Waals surface area (Å²) in [6, 6.07) is 4.70. The number of carbonyl (C=O) groups is 3. The first-order valence-electron chi connectivity index (χ1n) is 9.33. The van der Waals surface area contributed by atoms with Crippen LogP contribution in [0.2, 0.25) is 0 Å². The van der Waals surface area contributed by atoms with Crippen LogP contribution in [0.5, 0.6) is 11.5 Å². The van der Waals surface area contributed by atoms with Crippen molar-refractivity contribution in [2.75, 3.05) is 19.9 Å². The maximum Gasteiger partial charge on any atom is 0.324 e. The second-order valence-corrected chi connectivity index (χ2v) is 6.80. The molecule has 1 saturated heterocycles. The zero-order valence-corrected chi connectivity index (χ0v) is 15.7. The third-order valence-corrected chi connectivity index (χ3v) is 4.81. The molecule has 2 aliphatic heterocycles. The first-order chi connectivity index (χ1) is 14.1. The zero-order valence-electron chi connectivity index (χ0n) is 15.7. The quantitative estimate of drug-likeness (QED) is 0.517. The molecule has 4 rings (SSSR count). The minimum Gasteiger partial charge on any atom is -0.454 e. The van der Waals surface area contributed by atoms with Gasteiger partial charge in [0.2, 0.25) is 18.6 Å². The lowest BCUT2D eigenvalue weighted by molar-refractivity contribution is -0.141. The standard InChI is InChI=1S/C19H21N5O5/c25-17(21-4-1-6-23-7-5-20-11-23)14-9-22-19(27)24(18(14)26)10-13-2-3-15-16(8-13)29-12-28-15/h2-3,5,7-8,11,14H,1,4,6,9-10,12H2,(H,21,25)(H,22,27). The van der Waals surface area contributed by atoms with E-state index in [4.69, 9.17) is 9.47 Å². The second kappa shape index (κ2) is 8.21. The molecular weight excluding hydrogens is 378 g/mol. The van der Waals surface area contributed by atoms with E-state index >= 15 is 0 Å². The van der Waals surface area contributed by atoms with Crippen molar-refractivity contribution >= 4 is 17.8 Å². The molecule has 10 nitrogen and oxygen atoms in total. The highest BCUT2D eigenvalue weighted by Crippen LogP contribution is 2.33. The topological polar surface area (TPSA) is 115 Å². The summed E-state index contributed by atoms with van der Waals surface area (Å²) >= 11 is 0. The first kappa shape index (κ1) is 18.8. The SMILES string of the molecule is O=C(NCCCn1ccnc1)C1CNC(=O)N(Cc2ccc3c(c2)OCO3)C1=O. The van der Waals surface area contributed by atoms with Crippen LogP contribution in [0.1, 0.15) is 12.0 Å². The summed E-state index contributed by atoms with van der Waals surface area (Å²) in [7, 11) is 0. The van der Waals surface area contributed by atoms with Crippen LogP contribution < -0.4 is 20.1 Å². The van der Waals surface area contributed by atoms with Crippen molar-refractivity contribution in [3.8, 4) is 11.5 Å². The largest absolute Gasteiger partial charge is 0.454 e. The van der Waals surface area contributed by atoms with Crippen molar-refractivity contribution in [2.45, 2.75) is 19.5 Å². The Balaban J connectivity index is 1.33. The van der Waals surface area contributed by atoms with Gasteiger partial charge in [0.15, 0.2) is 11.5 Å². The summed E-state index contributed by atoms with van der Waals surface area (Å²) in [5.41, 5.74) is 0.708. The number of hydrogen-bond donors (Lipinski definition) is 2. The van der Waals surface area contributed by atoms with Crippen molar-refractivity contribution in [3.63, 3.8) is 0 Å². The number of ether oxygens (including phenoxy) is 2. The molecule has 2 N–H and O–H groups in total. The Morgan fingerprint density at radius 3 is 2.97 bits per heavy atom. The second-order valence-electron chi connectivity index (χ2n) is 6.80. The van der Waals surface area contributed by atoms with Crippen LogP contribution in [0.4, 0.5) is 4.79 Å². The summed E-state index contributed by atoms with van der Waals surface area (Å²) < 4.78 is 12.5. The molecule has 1 unspecified atom stereocenters. The molecule has 0 saturated carbocycles. The summed E-state index contributed by atoms with van der Waals surface area (Å²) in [4.78, 5) is 42.4. The fourth-order valence-corrected chi connectivity index (χ4v) is 3.25. The minimum absolute atomic E-state index is 0.0113. The van der Waals surface area contributed by atoms with Crippen molar-refractivity contribution in [3.05, 3.63) is 42.5 Å². The van der Waals surface area contributed by atoms with Crippen LogP contribution in [0, 0.1) is 5.92 Å². The number of aromatic nitrogens is 2. The molecule has 29 heavy (non-hydrogen) atoms. The number of rotatable bonds is 7. The highest BCUT2D eigenvalue weighted by atomic mass is 16.7. The van der Waals surface area contributed by atoms with Gasteiger partial charge in [-0.15, -0.1) is 0 Å². The summed E-state index contributed by atoms with van der Waals surface area (Å²) in [5.74, 6) is -0.666. The van der Waals surface area contributed by atoms with Gasteiger partial charge in [-0.25, -0.2) is 9.78 Å². The Morgan fingerprint density at radius 2 is 2.14 bits per heavy atom. The van der Waals surface area contributed by atoms with E-state index in [0.29, 0.717) is 36.6 Å². The Morgan fingerprint density at radius 1 is 1.28 bits per heavy atom. The highest BCUT2D eigenvalue weighted by molar-refractivity contribution is 6.08. The third kappa shape index (κ3) is 4.15. The molecule has 0 spiro atoms. The minimum atomic E-state index is -0.949. The number of aryl methyl sites for hydroxylation is 1. The van der Waals surface area contributed by atoms with E-state index in [-0.39, 0.29) is 19.9 Å². The van der Waals surface area contributed by atoms with E-state index < -0.39 is 23.8 Å². The maximum atomic E-state index is 12.8. The molecule has 0 radical (unpaired) electrons. The van der Waals surface area contributed by atoms with Gasteiger partial charge in [0.05, 0.1) is 12.9 Å². The predicted octanol–water partition coefficient (Wildman–Crippen LogP) is 0.486. The van der Waals surface area contributed by atoms with Crippen molar-refractivity contribution in [2.24, 2.45) is 5.92 Å². The molecule has 0 bridgehead atoms. The van der Waals surface area contributed by atoms with Crippen LogP contribution >= 0.6 is 0 Å². The van der Waals surface area contributed by atoms with Crippen LogP contribution in [0.3, 0.4) is 0 Å². The molecule has 1 atom stereocenters. The van der Waals surface area contributed by atoms with Gasteiger partial charge >= 0.3 is 6.03 Å². The number of nitrogens with zero attached hydrogens (tertiary/aromatic N) is 3. The average molecular weight is 399 g/mol. The van der Waals surface area contributed by atoms with E-state index in [1.54, 1.807) is 30.7 Å². The molecular formula is C19H21N5O5.